The smallest absolute Gasteiger partial charge is 0.240 e. The summed E-state index contributed by atoms with van der Waals surface area (Å²) >= 11 is 5.77. The van der Waals surface area contributed by atoms with Crippen molar-refractivity contribution in [1.29, 1.82) is 0 Å². The van der Waals surface area contributed by atoms with Crippen LogP contribution in [0.1, 0.15) is 17.5 Å². The molecule has 128 valence electrons. The SMILES string of the molecule is Cc1ccc(C)c(S(=O)(=O)NCCC(=O)Nc2ccc(Cl)cc2)c1. The second-order valence-electron chi connectivity index (χ2n) is 5.47. The maximum atomic E-state index is 12.3. The number of sulfonamides is 1. The second-order valence-corrected chi connectivity index (χ2v) is 7.64. The Morgan fingerprint density at radius 1 is 1.08 bits per heavy atom. The first-order valence-corrected chi connectivity index (χ1v) is 9.26. The molecule has 0 radical (unpaired) electrons. The van der Waals surface area contributed by atoms with E-state index >= 15 is 0 Å². The highest BCUT2D eigenvalue weighted by atomic mass is 35.5. The van der Waals surface area contributed by atoms with Gasteiger partial charge in [-0.15, -0.1) is 0 Å². The van der Waals surface area contributed by atoms with E-state index in [9.17, 15) is 13.2 Å². The summed E-state index contributed by atoms with van der Waals surface area (Å²) in [6, 6.07) is 11.9. The fourth-order valence-electron chi connectivity index (χ4n) is 2.13. The number of hydrogen-bond acceptors (Lipinski definition) is 3. The zero-order chi connectivity index (χ0) is 17.7. The van der Waals surface area contributed by atoms with Crippen molar-refractivity contribution < 1.29 is 13.2 Å². The number of carbonyl (C=O) groups excluding carboxylic acids is 1. The molecule has 0 saturated carbocycles. The van der Waals surface area contributed by atoms with Crippen LogP contribution in [0, 0.1) is 13.8 Å². The molecule has 0 aliphatic carbocycles. The molecule has 0 fully saturated rings. The molecule has 2 aromatic carbocycles. The van der Waals surface area contributed by atoms with Gasteiger partial charge in [0.2, 0.25) is 15.9 Å². The third kappa shape index (κ3) is 5.06. The average Bonchev–Trinajstić information content (AvgIpc) is 2.51. The lowest BCUT2D eigenvalue weighted by atomic mass is 10.2. The van der Waals surface area contributed by atoms with Gasteiger partial charge in [0.05, 0.1) is 4.90 Å². The summed E-state index contributed by atoms with van der Waals surface area (Å²) < 4.78 is 27.1. The summed E-state index contributed by atoms with van der Waals surface area (Å²) in [6.45, 7) is 3.59. The maximum Gasteiger partial charge on any atom is 0.240 e. The molecule has 2 aromatic rings. The summed E-state index contributed by atoms with van der Waals surface area (Å²) in [7, 11) is -3.64. The number of carbonyl (C=O) groups is 1. The lowest BCUT2D eigenvalue weighted by Crippen LogP contribution is -2.28. The predicted octanol–water partition coefficient (Wildman–Crippen LogP) is 3.26. The van der Waals surface area contributed by atoms with Gasteiger partial charge in [0, 0.05) is 23.7 Å². The number of aryl methyl sites for hydroxylation is 2. The van der Waals surface area contributed by atoms with E-state index in [1.165, 1.54) is 0 Å². The number of amides is 1. The van der Waals surface area contributed by atoms with Gasteiger partial charge in [-0.1, -0.05) is 23.7 Å². The Hall–Kier alpha value is -1.89. The van der Waals surface area contributed by atoms with Gasteiger partial charge in [0.15, 0.2) is 0 Å². The Labute approximate surface area is 147 Å². The van der Waals surface area contributed by atoms with E-state index in [0.717, 1.165) is 5.56 Å². The first kappa shape index (κ1) is 18.4. The fourth-order valence-corrected chi connectivity index (χ4v) is 3.62. The van der Waals surface area contributed by atoms with Crippen LogP contribution < -0.4 is 10.0 Å². The van der Waals surface area contributed by atoms with Crippen molar-refractivity contribution in [3.05, 3.63) is 58.6 Å². The number of nitrogens with one attached hydrogen (secondary N) is 2. The lowest BCUT2D eigenvalue weighted by molar-refractivity contribution is -0.116. The molecule has 0 aliphatic rings. The molecule has 0 heterocycles. The summed E-state index contributed by atoms with van der Waals surface area (Å²) in [5.74, 6) is -0.277. The molecule has 0 unspecified atom stereocenters. The van der Waals surface area contributed by atoms with E-state index in [-0.39, 0.29) is 23.8 Å². The average molecular weight is 367 g/mol. The molecule has 1 amide bonds. The third-order valence-corrected chi connectivity index (χ3v) is 5.26. The summed E-state index contributed by atoms with van der Waals surface area (Å²) in [5.41, 5.74) is 2.14. The number of halogens is 1. The lowest BCUT2D eigenvalue weighted by Gasteiger charge is -2.10. The normalized spacial score (nSPS) is 11.3. The van der Waals surface area contributed by atoms with Crippen molar-refractivity contribution in [2.75, 3.05) is 11.9 Å². The van der Waals surface area contributed by atoms with Gasteiger partial charge >= 0.3 is 0 Å². The van der Waals surface area contributed by atoms with Crippen molar-refractivity contribution in [1.82, 2.24) is 4.72 Å². The number of benzene rings is 2. The first-order valence-electron chi connectivity index (χ1n) is 7.40. The van der Waals surface area contributed by atoms with Gasteiger partial charge in [-0.3, -0.25) is 4.79 Å². The van der Waals surface area contributed by atoms with E-state index in [0.29, 0.717) is 16.3 Å². The topological polar surface area (TPSA) is 75.3 Å². The zero-order valence-corrected chi connectivity index (χ0v) is 15.0. The van der Waals surface area contributed by atoms with Crippen molar-refractivity contribution in [3.8, 4) is 0 Å². The van der Waals surface area contributed by atoms with Gasteiger partial charge in [0.1, 0.15) is 0 Å². The van der Waals surface area contributed by atoms with E-state index in [1.54, 1.807) is 43.3 Å². The standard InChI is InChI=1S/C17H19ClN2O3S/c1-12-3-4-13(2)16(11-12)24(22,23)19-10-9-17(21)20-15-7-5-14(18)6-8-15/h3-8,11,19H,9-10H2,1-2H3,(H,20,21). The Morgan fingerprint density at radius 3 is 2.42 bits per heavy atom. The molecule has 0 aromatic heterocycles. The van der Waals surface area contributed by atoms with Crippen molar-refractivity contribution in [2.24, 2.45) is 0 Å². The van der Waals surface area contributed by atoms with Crippen LogP contribution in [0.15, 0.2) is 47.4 Å². The van der Waals surface area contributed by atoms with Crippen LogP contribution in [0.5, 0.6) is 0 Å². The Kier molecular flexibility index (Phi) is 5.99. The summed E-state index contributed by atoms with van der Waals surface area (Å²) in [4.78, 5) is 12.1. The molecular weight excluding hydrogens is 348 g/mol. The summed E-state index contributed by atoms with van der Waals surface area (Å²) in [6.07, 6.45) is 0.0344. The highest BCUT2D eigenvalue weighted by Gasteiger charge is 2.17. The number of anilines is 1. The zero-order valence-electron chi connectivity index (χ0n) is 13.5. The Bertz CT molecular complexity index is 833. The molecule has 2 rings (SSSR count). The molecule has 5 nitrogen and oxygen atoms in total. The van der Waals surface area contributed by atoms with E-state index in [4.69, 9.17) is 11.6 Å². The van der Waals surface area contributed by atoms with Gasteiger partial charge < -0.3 is 5.32 Å². The summed E-state index contributed by atoms with van der Waals surface area (Å²) in [5, 5.41) is 3.26. The first-order chi connectivity index (χ1) is 11.3. The monoisotopic (exact) mass is 366 g/mol. The van der Waals surface area contributed by atoms with E-state index in [2.05, 4.69) is 10.0 Å². The number of rotatable bonds is 6. The highest BCUT2D eigenvalue weighted by Crippen LogP contribution is 2.16. The molecule has 2 N–H and O–H groups in total. The van der Waals surface area contributed by atoms with Gasteiger partial charge in [-0.25, -0.2) is 13.1 Å². The third-order valence-electron chi connectivity index (χ3n) is 3.41. The van der Waals surface area contributed by atoms with Gasteiger partial charge in [-0.05, 0) is 55.3 Å². The van der Waals surface area contributed by atoms with Crippen LogP contribution in [0.25, 0.3) is 0 Å². The molecule has 7 heteroatoms. The van der Waals surface area contributed by atoms with Crippen molar-refractivity contribution in [3.63, 3.8) is 0 Å². The molecule has 0 saturated heterocycles. The van der Waals surface area contributed by atoms with Crippen molar-refractivity contribution in [2.45, 2.75) is 25.2 Å². The highest BCUT2D eigenvalue weighted by molar-refractivity contribution is 7.89. The van der Waals surface area contributed by atoms with Crippen LogP contribution in [0.3, 0.4) is 0 Å². The fraction of sp³-hybridized carbons (Fsp3) is 0.235. The van der Waals surface area contributed by atoms with Crippen LogP contribution in [-0.4, -0.2) is 20.9 Å². The van der Waals surface area contributed by atoms with Crippen LogP contribution in [0.4, 0.5) is 5.69 Å². The maximum absolute atomic E-state index is 12.3. The second kappa shape index (κ2) is 7.79. The minimum Gasteiger partial charge on any atom is -0.326 e. The van der Waals surface area contributed by atoms with Crippen LogP contribution in [-0.2, 0) is 14.8 Å². The van der Waals surface area contributed by atoms with Crippen LogP contribution in [0.2, 0.25) is 5.02 Å². The molecule has 0 aliphatic heterocycles. The molecule has 24 heavy (non-hydrogen) atoms. The van der Waals surface area contributed by atoms with Gasteiger partial charge in [-0.2, -0.15) is 0 Å². The van der Waals surface area contributed by atoms with Crippen molar-refractivity contribution >= 4 is 33.2 Å². The van der Waals surface area contributed by atoms with E-state index in [1.807, 2.05) is 13.0 Å². The van der Waals surface area contributed by atoms with Gasteiger partial charge in [0.25, 0.3) is 0 Å². The van der Waals surface area contributed by atoms with Crippen LogP contribution >= 0.6 is 11.6 Å². The quantitative estimate of drug-likeness (QED) is 0.823. The van der Waals surface area contributed by atoms with E-state index < -0.39 is 10.0 Å². The molecule has 0 bridgehead atoms. The number of hydrogen-bond donors (Lipinski definition) is 2. The molecular formula is C17H19ClN2O3S. The Morgan fingerprint density at radius 2 is 1.75 bits per heavy atom. The minimum atomic E-state index is -3.64. The predicted molar refractivity (Wildman–Crippen MR) is 95.8 cm³/mol. The molecule has 0 spiro atoms. The largest absolute Gasteiger partial charge is 0.326 e. The molecule has 0 atom stereocenters. The minimum absolute atomic E-state index is 0.0230. The Balaban J connectivity index is 1.91.